The topological polar surface area (TPSA) is 35.5 Å². The molecule has 98 valence electrons. The molecule has 1 aliphatic carbocycles. The molecule has 1 aromatic rings. The first-order valence-electron chi connectivity index (χ1n) is 6.62. The van der Waals surface area contributed by atoms with Crippen LogP contribution >= 0.6 is 0 Å². The summed E-state index contributed by atoms with van der Waals surface area (Å²) in [6, 6.07) is 5.57. The van der Waals surface area contributed by atoms with Crippen LogP contribution in [0.15, 0.2) is 18.2 Å². The van der Waals surface area contributed by atoms with Gasteiger partial charge in [0.05, 0.1) is 18.8 Å². The quantitative estimate of drug-likeness (QED) is 0.749. The van der Waals surface area contributed by atoms with Crippen LogP contribution in [0.2, 0.25) is 0 Å². The molecular weight excluding hydrogens is 228 g/mol. The highest BCUT2D eigenvalue weighted by molar-refractivity contribution is 5.89. The number of methoxy groups -OCH3 is 1. The van der Waals surface area contributed by atoms with Crippen LogP contribution in [0.1, 0.15) is 48.5 Å². The molecule has 1 aliphatic rings. The lowest BCUT2D eigenvalue weighted by Crippen LogP contribution is -2.25. The summed E-state index contributed by atoms with van der Waals surface area (Å²) < 4.78 is 10.7. The van der Waals surface area contributed by atoms with Gasteiger partial charge in [-0.3, -0.25) is 0 Å². The van der Waals surface area contributed by atoms with E-state index < -0.39 is 0 Å². The maximum Gasteiger partial charge on any atom is 0.337 e. The average Bonchev–Trinajstić information content (AvgIpc) is 2.34. The van der Waals surface area contributed by atoms with Crippen molar-refractivity contribution in [1.29, 1.82) is 0 Å². The first kappa shape index (κ1) is 12.9. The van der Waals surface area contributed by atoms with Crippen molar-refractivity contribution in [2.75, 3.05) is 7.11 Å². The molecule has 0 heterocycles. The van der Waals surface area contributed by atoms with Gasteiger partial charge in [-0.1, -0.05) is 13.3 Å². The van der Waals surface area contributed by atoms with Crippen molar-refractivity contribution in [3.63, 3.8) is 0 Å². The predicted molar refractivity (Wildman–Crippen MR) is 70.0 cm³/mol. The van der Waals surface area contributed by atoms with Crippen LogP contribution in [-0.4, -0.2) is 19.2 Å². The van der Waals surface area contributed by atoms with Crippen LogP contribution in [0, 0.1) is 0 Å². The molecule has 0 spiro atoms. The van der Waals surface area contributed by atoms with Gasteiger partial charge in [-0.05, 0) is 49.4 Å². The van der Waals surface area contributed by atoms with Crippen molar-refractivity contribution in [3.8, 4) is 5.75 Å². The van der Waals surface area contributed by atoms with Crippen LogP contribution in [0.5, 0.6) is 5.75 Å². The molecule has 0 atom stereocenters. The highest BCUT2D eigenvalue weighted by Crippen LogP contribution is 2.29. The van der Waals surface area contributed by atoms with E-state index in [9.17, 15) is 4.79 Å². The van der Waals surface area contributed by atoms with E-state index in [1.807, 2.05) is 12.1 Å². The number of hydrogen-bond acceptors (Lipinski definition) is 3. The number of rotatable bonds is 5. The molecule has 0 aromatic heterocycles. The molecule has 3 heteroatoms. The molecule has 3 nitrogen and oxygen atoms in total. The summed E-state index contributed by atoms with van der Waals surface area (Å²) in [5.74, 6) is 0.636. The number of aryl methyl sites for hydroxylation is 1. The fourth-order valence-corrected chi connectivity index (χ4v) is 2.07. The Bertz CT molecular complexity index is 422. The average molecular weight is 248 g/mol. The molecule has 18 heavy (non-hydrogen) atoms. The standard InChI is InChI=1S/C15H20O3/c1-3-5-11-10-12(15(16)17-2)8-9-14(11)18-13-6-4-7-13/h8-10,13H,3-7H2,1-2H3. The van der Waals surface area contributed by atoms with Gasteiger partial charge in [0.25, 0.3) is 0 Å². The number of carbonyl (C=O) groups excluding carboxylic acids is 1. The third kappa shape index (κ3) is 2.84. The molecule has 1 fully saturated rings. The van der Waals surface area contributed by atoms with E-state index >= 15 is 0 Å². The predicted octanol–water partition coefficient (Wildman–Crippen LogP) is 3.36. The monoisotopic (exact) mass is 248 g/mol. The second-order valence-corrected chi connectivity index (χ2v) is 4.73. The van der Waals surface area contributed by atoms with Crippen molar-refractivity contribution in [2.24, 2.45) is 0 Å². The van der Waals surface area contributed by atoms with E-state index in [0.29, 0.717) is 11.7 Å². The molecule has 0 amide bonds. The number of carbonyl (C=O) groups is 1. The first-order chi connectivity index (χ1) is 8.74. The zero-order valence-electron chi connectivity index (χ0n) is 11.1. The minimum absolute atomic E-state index is 0.289. The summed E-state index contributed by atoms with van der Waals surface area (Å²) in [6.45, 7) is 2.12. The number of benzene rings is 1. The van der Waals surface area contributed by atoms with Gasteiger partial charge in [0, 0.05) is 0 Å². The number of hydrogen-bond donors (Lipinski definition) is 0. The van der Waals surface area contributed by atoms with E-state index in [-0.39, 0.29) is 5.97 Å². The summed E-state index contributed by atoms with van der Waals surface area (Å²) in [7, 11) is 1.40. The molecule has 1 aromatic carbocycles. The lowest BCUT2D eigenvalue weighted by Gasteiger charge is -2.27. The lowest BCUT2D eigenvalue weighted by molar-refractivity contribution is 0.0600. The maximum atomic E-state index is 11.5. The lowest BCUT2D eigenvalue weighted by atomic mass is 9.96. The third-order valence-corrected chi connectivity index (χ3v) is 3.35. The second kappa shape index (κ2) is 5.89. The second-order valence-electron chi connectivity index (χ2n) is 4.73. The SMILES string of the molecule is CCCc1cc(C(=O)OC)ccc1OC1CCC1. The molecule has 0 aliphatic heterocycles. The summed E-state index contributed by atoms with van der Waals surface area (Å²) in [5.41, 5.74) is 1.70. The smallest absolute Gasteiger partial charge is 0.337 e. The minimum atomic E-state index is -0.289. The van der Waals surface area contributed by atoms with Gasteiger partial charge in [0.15, 0.2) is 0 Å². The van der Waals surface area contributed by atoms with Gasteiger partial charge in [0.1, 0.15) is 5.75 Å². The minimum Gasteiger partial charge on any atom is -0.490 e. The largest absolute Gasteiger partial charge is 0.490 e. The van der Waals surface area contributed by atoms with Gasteiger partial charge < -0.3 is 9.47 Å². The first-order valence-corrected chi connectivity index (χ1v) is 6.62. The normalized spacial score (nSPS) is 15.0. The molecule has 1 saturated carbocycles. The van der Waals surface area contributed by atoms with E-state index in [0.717, 1.165) is 37.0 Å². The molecule has 0 saturated heterocycles. The summed E-state index contributed by atoms with van der Waals surface area (Å²) in [4.78, 5) is 11.5. The Morgan fingerprint density at radius 2 is 2.17 bits per heavy atom. The highest BCUT2D eigenvalue weighted by atomic mass is 16.5. The van der Waals surface area contributed by atoms with Crippen LogP contribution < -0.4 is 4.74 Å². The molecule has 0 bridgehead atoms. The maximum absolute atomic E-state index is 11.5. The summed E-state index contributed by atoms with van der Waals surface area (Å²) >= 11 is 0. The van der Waals surface area contributed by atoms with Crippen molar-refractivity contribution in [3.05, 3.63) is 29.3 Å². The van der Waals surface area contributed by atoms with Crippen LogP contribution in [0.25, 0.3) is 0 Å². The molecule has 2 rings (SSSR count). The van der Waals surface area contributed by atoms with Crippen LogP contribution in [0.4, 0.5) is 0 Å². The van der Waals surface area contributed by atoms with Crippen molar-refractivity contribution < 1.29 is 14.3 Å². The Morgan fingerprint density at radius 3 is 2.72 bits per heavy atom. The zero-order valence-corrected chi connectivity index (χ0v) is 11.1. The van der Waals surface area contributed by atoms with Gasteiger partial charge in [-0.2, -0.15) is 0 Å². The van der Waals surface area contributed by atoms with Crippen molar-refractivity contribution in [2.45, 2.75) is 45.1 Å². The zero-order chi connectivity index (χ0) is 13.0. The Kier molecular flexibility index (Phi) is 4.24. The van der Waals surface area contributed by atoms with Gasteiger partial charge >= 0.3 is 5.97 Å². The van der Waals surface area contributed by atoms with Crippen molar-refractivity contribution in [1.82, 2.24) is 0 Å². The van der Waals surface area contributed by atoms with E-state index in [4.69, 9.17) is 9.47 Å². The Balaban J connectivity index is 2.19. The molecule has 0 radical (unpaired) electrons. The Labute approximate surface area is 108 Å². The van der Waals surface area contributed by atoms with Crippen LogP contribution in [-0.2, 0) is 11.2 Å². The van der Waals surface area contributed by atoms with Gasteiger partial charge in [-0.15, -0.1) is 0 Å². The van der Waals surface area contributed by atoms with Crippen LogP contribution in [0.3, 0.4) is 0 Å². The Morgan fingerprint density at radius 1 is 1.39 bits per heavy atom. The molecule has 0 N–H and O–H groups in total. The fraction of sp³-hybridized carbons (Fsp3) is 0.533. The Hall–Kier alpha value is -1.51. The van der Waals surface area contributed by atoms with Crippen molar-refractivity contribution >= 4 is 5.97 Å². The molecular formula is C15H20O3. The number of ether oxygens (including phenoxy) is 2. The van der Waals surface area contributed by atoms with E-state index in [2.05, 4.69) is 6.92 Å². The van der Waals surface area contributed by atoms with Gasteiger partial charge in [0.2, 0.25) is 0 Å². The van der Waals surface area contributed by atoms with Gasteiger partial charge in [-0.25, -0.2) is 4.79 Å². The summed E-state index contributed by atoms with van der Waals surface area (Å²) in [5, 5.41) is 0. The van der Waals surface area contributed by atoms with E-state index in [1.54, 1.807) is 6.07 Å². The summed E-state index contributed by atoms with van der Waals surface area (Å²) in [6.07, 6.45) is 5.87. The highest BCUT2D eigenvalue weighted by Gasteiger charge is 2.20. The number of esters is 1. The molecule has 0 unspecified atom stereocenters. The third-order valence-electron chi connectivity index (χ3n) is 3.35. The fourth-order valence-electron chi connectivity index (χ4n) is 2.07. The van der Waals surface area contributed by atoms with E-state index in [1.165, 1.54) is 13.5 Å².